The normalized spacial score (nSPS) is 16.5. The van der Waals surface area contributed by atoms with Gasteiger partial charge in [0.25, 0.3) is 5.56 Å². The number of aromatic nitrogens is 2. The predicted octanol–water partition coefficient (Wildman–Crippen LogP) is 4.64. The van der Waals surface area contributed by atoms with Crippen molar-refractivity contribution in [1.29, 1.82) is 0 Å². The lowest BCUT2D eigenvalue weighted by molar-refractivity contribution is 0.0607. The molecule has 1 aliphatic rings. The quantitative estimate of drug-likeness (QED) is 0.463. The van der Waals surface area contributed by atoms with Crippen molar-refractivity contribution in [3.8, 4) is 0 Å². The van der Waals surface area contributed by atoms with E-state index in [0.717, 1.165) is 21.0 Å². The van der Waals surface area contributed by atoms with Crippen molar-refractivity contribution >= 4 is 55.9 Å². The van der Waals surface area contributed by atoms with Gasteiger partial charge < -0.3 is 14.6 Å². The second-order valence-electron chi connectivity index (χ2n) is 9.86. The van der Waals surface area contributed by atoms with Gasteiger partial charge in [0, 0.05) is 20.1 Å². The number of aryl methyl sites for hydroxylation is 1. The zero-order valence-corrected chi connectivity index (χ0v) is 22.9. The van der Waals surface area contributed by atoms with Gasteiger partial charge in [-0.15, -0.1) is 0 Å². The smallest absolute Gasteiger partial charge is 0.429 e. The summed E-state index contributed by atoms with van der Waals surface area (Å²) in [5.74, 6) is -2.07. The number of nitrogens with zero attached hydrogens (tertiary/aromatic N) is 4. The maximum Gasteiger partial charge on any atom is 0.429 e. The molecule has 10 nitrogen and oxygen atoms in total. The number of ether oxygens (including phenoxy) is 1. The second kappa shape index (κ2) is 10.3. The zero-order valence-electron chi connectivity index (χ0n) is 21.3. The average Bonchev–Trinajstić information content (AvgIpc) is 3.28. The lowest BCUT2D eigenvalue weighted by atomic mass is 10.2. The molecule has 0 unspecified atom stereocenters. The summed E-state index contributed by atoms with van der Waals surface area (Å²) in [5.41, 5.74) is -3.24. The molecule has 0 radical (unpaired) electrons. The van der Waals surface area contributed by atoms with Crippen LogP contribution in [0.25, 0.3) is 10.9 Å². The standard InChI is InChI=1S/C24H25ClF3N5O5S/c1-24(2,3)38-23(35)33(39(36,37)32-10-9-13(26)11-32)17-8-5-14(27)21(19(17)25)30-16-7-6-15-18(20(16)28)22(34)31(4)12-29-15/h5-8,12-13,30H,9-11H2,1-4H3/t13-/m1/s1. The summed E-state index contributed by atoms with van der Waals surface area (Å²) in [6, 6.07) is 4.28. The fraction of sp³-hybridized carbons (Fsp3) is 0.375. The van der Waals surface area contributed by atoms with E-state index in [4.69, 9.17) is 16.3 Å². The summed E-state index contributed by atoms with van der Waals surface area (Å²) in [5, 5.41) is 1.47. The fourth-order valence-corrected chi connectivity index (χ4v) is 5.81. The molecule has 1 saturated heterocycles. The molecule has 1 aromatic heterocycles. The number of hydrogen-bond acceptors (Lipinski definition) is 7. The molecule has 0 aliphatic carbocycles. The molecule has 1 amide bonds. The molecule has 0 spiro atoms. The number of halogens is 4. The van der Waals surface area contributed by atoms with Crippen LogP contribution in [0.5, 0.6) is 0 Å². The first-order chi connectivity index (χ1) is 18.1. The Morgan fingerprint density at radius 1 is 1.23 bits per heavy atom. The summed E-state index contributed by atoms with van der Waals surface area (Å²) in [4.78, 5) is 29.6. The molecule has 0 bridgehead atoms. The summed E-state index contributed by atoms with van der Waals surface area (Å²) in [6.45, 7) is 3.80. The number of anilines is 3. The van der Waals surface area contributed by atoms with E-state index in [1.165, 1.54) is 46.3 Å². The third-order valence-corrected chi connectivity index (χ3v) is 7.96. The number of carbonyl (C=O) groups excluding carboxylic acids is 1. The van der Waals surface area contributed by atoms with Gasteiger partial charge in [-0.25, -0.2) is 22.9 Å². The number of rotatable bonds is 5. The van der Waals surface area contributed by atoms with E-state index in [1.54, 1.807) is 0 Å². The Morgan fingerprint density at radius 3 is 2.54 bits per heavy atom. The molecule has 39 heavy (non-hydrogen) atoms. The minimum Gasteiger partial charge on any atom is -0.443 e. The summed E-state index contributed by atoms with van der Waals surface area (Å²) in [6.07, 6.45) is -1.68. The van der Waals surface area contributed by atoms with E-state index in [1.807, 2.05) is 0 Å². The lowest BCUT2D eigenvalue weighted by Gasteiger charge is -2.30. The average molecular weight is 588 g/mol. The number of nitrogens with one attached hydrogen (secondary N) is 1. The number of hydrogen-bond donors (Lipinski definition) is 1. The van der Waals surface area contributed by atoms with Crippen LogP contribution in [-0.2, 0) is 22.0 Å². The number of benzene rings is 2. The molecule has 1 fully saturated rings. The largest absolute Gasteiger partial charge is 0.443 e. The lowest BCUT2D eigenvalue weighted by Crippen LogP contribution is -2.48. The van der Waals surface area contributed by atoms with Gasteiger partial charge >= 0.3 is 16.3 Å². The SMILES string of the molecule is Cn1cnc2ccc(Nc3c(F)ccc(N(C(=O)OC(C)(C)C)S(=O)(=O)N4CC[C@@H](F)C4)c3Cl)c(F)c2c1=O. The molecule has 4 rings (SSSR count). The van der Waals surface area contributed by atoms with Gasteiger partial charge in [0.2, 0.25) is 0 Å². The van der Waals surface area contributed by atoms with Gasteiger partial charge in [-0.3, -0.25) is 4.79 Å². The van der Waals surface area contributed by atoms with Crippen LogP contribution in [0.3, 0.4) is 0 Å². The Morgan fingerprint density at radius 2 is 1.92 bits per heavy atom. The van der Waals surface area contributed by atoms with E-state index >= 15 is 4.39 Å². The maximum atomic E-state index is 15.4. The molecule has 2 heterocycles. The highest BCUT2D eigenvalue weighted by Gasteiger charge is 2.42. The van der Waals surface area contributed by atoms with Crippen molar-refractivity contribution in [2.75, 3.05) is 22.7 Å². The Hall–Kier alpha value is -3.36. The van der Waals surface area contributed by atoms with Crippen LogP contribution >= 0.6 is 11.6 Å². The van der Waals surface area contributed by atoms with Crippen LogP contribution in [0.15, 0.2) is 35.4 Å². The minimum absolute atomic E-state index is 0.0560. The Labute approximate surface area is 227 Å². The van der Waals surface area contributed by atoms with Crippen LogP contribution in [0.4, 0.5) is 35.0 Å². The molecule has 15 heteroatoms. The summed E-state index contributed by atoms with van der Waals surface area (Å²) in [7, 11) is -3.36. The first kappa shape index (κ1) is 28.6. The Kier molecular flexibility index (Phi) is 7.58. The zero-order chi connectivity index (χ0) is 28.9. The van der Waals surface area contributed by atoms with Crippen molar-refractivity contribution in [1.82, 2.24) is 13.9 Å². The molecular formula is C24H25ClF3N5O5S. The van der Waals surface area contributed by atoms with E-state index in [9.17, 15) is 26.8 Å². The fourth-order valence-electron chi connectivity index (χ4n) is 3.93. The molecule has 210 valence electrons. The van der Waals surface area contributed by atoms with Crippen LogP contribution in [0.2, 0.25) is 5.02 Å². The maximum absolute atomic E-state index is 15.4. The monoisotopic (exact) mass is 587 g/mol. The molecule has 1 N–H and O–H groups in total. The summed E-state index contributed by atoms with van der Waals surface area (Å²) < 4.78 is 78.5. The molecular weight excluding hydrogens is 563 g/mol. The number of amides is 1. The molecule has 1 aliphatic heterocycles. The van der Waals surface area contributed by atoms with Gasteiger partial charge in [0.15, 0.2) is 5.82 Å². The number of alkyl halides is 1. The van der Waals surface area contributed by atoms with Crippen LogP contribution in [0, 0.1) is 11.6 Å². The van der Waals surface area contributed by atoms with Crippen molar-refractivity contribution in [2.24, 2.45) is 7.05 Å². The van der Waals surface area contributed by atoms with Crippen molar-refractivity contribution < 1.29 is 31.1 Å². The van der Waals surface area contributed by atoms with Crippen molar-refractivity contribution in [2.45, 2.75) is 39.0 Å². The van der Waals surface area contributed by atoms with Gasteiger partial charge in [-0.05, 0) is 51.5 Å². The van der Waals surface area contributed by atoms with Gasteiger partial charge in [-0.2, -0.15) is 17.0 Å². The minimum atomic E-state index is -4.74. The van der Waals surface area contributed by atoms with Crippen LogP contribution < -0.4 is 15.2 Å². The third kappa shape index (κ3) is 5.54. The van der Waals surface area contributed by atoms with E-state index in [0.29, 0.717) is 0 Å². The molecule has 2 aromatic carbocycles. The first-order valence-electron chi connectivity index (χ1n) is 11.7. The highest BCUT2D eigenvalue weighted by molar-refractivity contribution is 7.91. The van der Waals surface area contributed by atoms with Crippen LogP contribution in [0.1, 0.15) is 27.2 Å². The third-order valence-electron chi connectivity index (χ3n) is 5.78. The highest BCUT2D eigenvalue weighted by atomic mass is 35.5. The van der Waals surface area contributed by atoms with Crippen molar-refractivity contribution in [3.63, 3.8) is 0 Å². The van der Waals surface area contributed by atoms with Gasteiger partial charge in [-0.1, -0.05) is 11.6 Å². The Bertz CT molecular complexity index is 1630. The molecule has 1 atom stereocenters. The van der Waals surface area contributed by atoms with E-state index in [-0.39, 0.29) is 33.9 Å². The number of fused-ring (bicyclic) bond motifs is 1. The van der Waals surface area contributed by atoms with Gasteiger partial charge in [0.1, 0.15) is 23.0 Å². The summed E-state index contributed by atoms with van der Waals surface area (Å²) >= 11 is 6.43. The molecule has 3 aromatic rings. The van der Waals surface area contributed by atoms with E-state index < -0.39 is 68.2 Å². The van der Waals surface area contributed by atoms with Crippen molar-refractivity contribution in [3.05, 3.63) is 57.6 Å². The van der Waals surface area contributed by atoms with Crippen LogP contribution in [-0.4, -0.2) is 53.2 Å². The topological polar surface area (TPSA) is 114 Å². The highest BCUT2D eigenvalue weighted by Crippen LogP contribution is 2.40. The first-order valence-corrected chi connectivity index (χ1v) is 13.5. The predicted molar refractivity (Wildman–Crippen MR) is 140 cm³/mol. The second-order valence-corrected chi connectivity index (χ2v) is 12.0. The molecule has 0 saturated carbocycles. The van der Waals surface area contributed by atoms with Gasteiger partial charge in [0.05, 0.1) is 33.9 Å². The number of carbonyl (C=O) groups is 1. The van der Waals surface area contributed by atoms with E-state index in [2.05, 4.69) is 10.3 Å². The Balaban J connectivity index is 1.84.